The second-order valence-electron chi connectivity index (χ2n) is 4.94. The molecular formula is C15H24ClN3O. The van der Waals surface area contributed by atoms with Gasteiger partial charge in [0.05, 0.1) is 11.3 Å². The minimum atomic E-state index is -0.130. The van der Waals surface area contributed by atoms with Gasteiger partial charge in [0.15, 0.2) is 0 Å². The molecule has 0 fully saturated rings. The quantitative estimate of drug-likeness (QED) is 0.506. The number of hydrazine groups is 1. The van der Waals surface area contributed by atoms with E-state index in [4.69, 9.17) is 17.4 Å². The van der Waals surface area contributed by atoms with E-state index in [9.17, 15) is 4.79 Å². The molecule has 0 heterocycles. The molecule has 112 valence electrons. The van der Waals surface area contributed by atoms with E-state index in [0.717, 1.165) is 32.1 Å². The van der Waals surface area contributed by atoms with Gasteiger partial charge >= 0.3 is 0 Å². The third-order valence-corrected chi connectivity index (χ3v) is 3.50. The predicted molar refractivity (Wildman–Crippen MR) is 84.9 cm³/mol. The molecule has 20 heavy (non-hydrogen) atoms. The molecule has 0 saturated heterocycles. The Morgan fingerprint density at radius 2 is 2.05 bits per heavy atom. The molecule has 5 heteroatoms. The predicted octanol–water partition coefficient (Wildman–Crippen LogP) is 3.71. The summed E-state index contributed by atoms with van der Waals surface area (Å²) in [7, 11) is 0. The Hall–Kier alpha value is -1.26. The van der Waals surface area contributed by atoms with Gasteiger partial charge in [0.25, 0.3) is 5.91 Å². The Morgan fingerprint density at radius 3 is 2.65 bits per heavy atom. The molecule has 1 amide bonds. The summed E-state index contributed by atoms with van der Waals surface area (Å²) >= 11 is 5.95. The molecule has 1 atom stereocenters. The summed E-state index contributed by atoms with van der Waals surface area (Å²) in [4.78, 5) is 12.4. The van der Waals surface area contributed by atoms with Gasteiger partial charge in [-0.15, -0.1) is 0 Å². The number of rotatable bonds is 8. The van der Waals surface area contributed by atoms with Crippen molar-refractivity contribution in [1.82, 2.24) is 5.32 Å². The number of carbonyl (C=O) groups is 1. The van der Waals surface area contributed by atoms with E-state index < -0.39 is 0 Å². The molecule has 0 aliphatic rings. The number of hydrogen-bond acceptors (Lipinski definition) is 3. The van der Waals surface area contributed by atoms with E-state index in [1.807, 2.05) is 0 Å². The topological polar surface area (TPSA) is 67.2 Å². The maximum atomic E-state index is 12.4. The Kier molecular flexibility index (Phi) is 7.41. The Labute approximate surface area is 126 Å². The van der Waals surface area contributed by atoms with Crippen molar-refractivity contribution in [3.63, 3.8) is 0 Å². The second-order valence-corrected chi connectivity index (χ2v) is 5.37. The molecule has 0 spiro atoms. The molecule has 4 nitrogen and oxygen atoms in total. The van der Waals surface area contributed by atoms with Gasteiger partial charge < -0.3 is 10.7 Å². The summed E-state index contributed by atoms with van der Waals surface area (Å²) in [5.41, 5.74) is 3.60. The van der Waals surface area contributed by atoms with Crippen molar-refractivity contribution in [2.45, 2.75) is 52.0 Å². The van der Waals surface area contributed by atoms with Crippen LogP contribution in [0.4, 0.5) is 5.69 Å². The van der Waals surface area contributed by atoms with Crippen LogP contribution in [-0.2, 0) is 0 Å². The first-order valence-electron chi connectivity index (χ1n) is 7.19. The average molecular weight is 298 g/mol. The lowest BCUT2D eigenvalue weighted by Gasteiger charge is -2.19. The van der Waals surface area contributed by atoms with Crippen molar-refractivity contribution in [2.24, 2.45) is 5.84 Å². The Morgan fingerprint density at radius 1 is 1.30 bits per heavy atom. The lowest BCUT2D eigenvalue weighted by atomic mass is 10.0. The van der Waals surface area contributed by atoms with Crippen LogP contribution < -0.4 is 16.6 Å². The zero-order valence-corrected chi connectivity index (χ0v) is 13.0. The van der Waals surface area contributed by atoms with Crippen LogP contribution in [0.3, 0.4) is 0 Å². The number of halogens is 1. The number of anilines is 1. The SMILES string of the molecule is CCCCC(CCC)NC(=O)c1cc(Cl)ccc1NN. The van der Waals surface area contributed by atoms with Gasteiger partial charge in [-0.05, 0) is 31.0 Å². The van der Waals surface area contributed by atoms with Crippen LogP contribution in [0.15, 0.2) is 18.2 Å². The fourth-order valence-corrected chi connectivity index (χ4v) is 2.35. The van der Waals surface area contributed by atoms with E-state index in [-0.39, 0.29) is 11.9 Å². The Balaban J connectivity index is 2.79. The minimum absolute atomic E-state index is 0.130. The zero-order valence-electron chi connectivity index (χ0n) is 12.2. The fraction of sp³-hybridized carbons (Fsp3) is 0.533. The van der Waals surface area contributed by atoms with Crippen molar-refractivity contribution in [2.75, 3.05) is 5.43 Å². The smallest absolute Gasteiger partial charge is 0.253 e. The molecule has 0 bridgehead atoms. The van der Waals surface area contributed by atoms with Gasteiger partial charge in [-0.2, -0.15) is 0 Å². The summed E-state index contributed by atoms with van der Waals surface area (Å²) in [6, 6.07) is 5.25. The van der Waals surface area contributed by atoms with Crippen molar-refractivity contribution < 1.29 is 4.79 Å². The summed E-state index contributed by atoms with van der Waals surface area (Å²) < 4.78 is 0. The average Bonchev–Trinajstić information content (AvgIpc) is 2.44. The first kappa shape index (κ1) is 16.8. The van der Waals surface area contributed by atoms with E-state index in [1.54, 1.807) is 18.2 Å². The normalized spacial score (nSPS) is 12.0. The molecule has 1 unspecified atom stereocenters. The maximum absolute atomic E-state index is 12.4. The van der Waals surface area contributed by atoms with Gasteiger partial charge in [-0.1, -0.05) is 44.7 Å². The lowest BCUT2D eigenvalue weighted by molar-refractivity contribution is 0.0933. The maximum Gasteiger partial charge on any atom is 0.253 e. The molecule has 0 radical (unpaired) electrons. The molecule has 4 N–H and O–H groups in total. The monoisotopic (exact) mass is 297 g/mol. The first-order chi connectivity index (χ1) is 9.62. The van der Waals surface area contributed by atoms with Gasteiger partial charge in [0.2, 0.25) is 0 Å². The van der Waals surface area contributed by atoms with Gasteiger partial charge in [-0.3, -0.25) is 10.6 Å². The van der Waals surface area contributed by atoms with Crippen molar-refractivity contribution in [1.29, 1.82) is 0 Å². The Bertz CT molecular complexity index is 437. The van der Waals surface area contributed by atoms with Crippen molar-refractivity contribution in [3.8, 4) is 0 Å². The van der Waals surface area contributed by atoms with E-state index in [1.165, 1.54) is 0 Å². The summed E-state index contributed by atoms with van der Waals surface area (Å²) in [6.45, 7) is 4.27. The van der Waals surface area contributed by atoms with Crippen LogP contribution in [0.2, 0.25) is 5.02 Å². The van der Waals surface area contributed by atoms with Crippen LogP contribution in [0.1, 0.15) is 56.3 Å². The largest absolute Gasteiger partial charge is 0.349 e. The van der Waals surface area contributed by atoms with Gasteiger partial charge in [0, 0.05) is 11.1 Å². The highest BCUT2D eigenvalue weighted by Gasteiger charge is 2.16. The second kappa shape index (κ2) is 8.82. The van der Waals surface area contributed by atoms with Crippen LogP contribution in [0.25, 0.3) is 0 Å². The standard InChI is InChI=1S/C15H24ClN3O/c1-3-5-7-12(6-4-2)18-15(20)13-10-11(16)8-9-14(13)19-17/h8-10,12,19H,3-7,17H2,1-2H3,(H,18,20). The fourth-order valence-electron chi connectivity index (χ4n) is 2.18. The third-order valence-electron chi connectivity index (χ3n) is 3.26. The number of nitrogens with one attached hydrogen (secondary N) is 2. The van der Waals surface area contributed by atoms with Gasteiger partial charge in [0.1, 0.15) is 0 Å². The molecule has 1 aromatic rings. The molecule has 1 aromatic carbocycles. The number of benzene rings is 1. The number of nitrogens with two attached hydrogens (primary N) is 1. The highest BCUT2D eigenvalue weighted by atomic mass is 35.5. The summed E-state index contributed by atoms with van der Waals surface area (Å²) in [6.07, 6.45) is 5.28. The first-order valence-corrected chi connectivity index (χ1v) is 7.57. The summed E-state index contributed by atoms with van der Waals surface area (Å²) in [5.74, 6) is 5.31. The number of carbonyl (C=O) groups excluding carboxylic acids is 1. The van der Waals surface area contributed by atoms with Crippen LogP contribution in [0, 0.1) is 0 Å². The number of amides is 1. The molecule has 0 aliphatic heterocycles. The molecule has 0 saturated carbocycles. The van der Waals surface area contributed by atoms with Crippen molar-refractivity contribution >= 4 is 23.2 Å². The molecule has 0 aliphatic carbocycles. The molecule has 1 rings (SSSR count). The molecular weight excluding hydrogens is 274 g/mol. The van der Waals surface area contributed by atoms with Crippen LogP contribution in [-0.4, -0.2) is 11.9 Å². The van der Waals surface area contributed by atoms with Crippen LogP contribution >= 0.6 is 11.6 Å². The summed E-state index contributed by atoms with van der Waals surface area (Å²) in [5, 5.41) is 3.60. The lowest BCUT2D eigenvalue weighted by Crippen LogP contribution is -2.35. The van der Waals surface area contributed by atoms with E-state index in [2.05, 4.69) is 24.6 Å². The molecule has 0 aromatic heterocycles. The van der Waals surface area contributed by atoms with E-state index >= 15 is 0 Å². The highest BCUT2D eigenvalue weighted by molar-refractivity contribution is 6.31. The third kappa shape index (κ3) is 5.02. The number of nitrogen functional groups attached to an aromatic ring is 1. The number of unbranched alkanes of at least 4 members (excludes halogenated alkanes) is 1. The van der Waals surface area contributed by atoms with Crippen molar-refractivity contribution in [3.05, 3.63) is 28.8 Å². The van der Waals surface area contributed by atoms with Gasteiger partial charge in [-0.25, -0.2) is 0 Å². The zero-order chi connectivity index (χ0) is 15.0. The van der Waals surface area contributed by atoms with E-state index in [0.29, 0.717) is 16.3 Å². The minimum Gasteiger partial charge on any atom is -0.349 e. The number of hydrogen-bond donors (Lipinski definition) is 3. The highest BCUT2D eigenvalue weighted by Crippen LogP contribution is 2.20. The van der Waals surface area contributed by atoms with Crippen LogP contribution in [0.5, 0.6) is 0 Å².